The van der Waals surface area contributed by atoms with Crippen molar-refractivity contribution >= 4 is 5.91 Å². The maximum absolute atomic E-state index is 12.3. The Bertz CT molecular complexity index is 752. The largest absolute Gasteiger partial charge is 0.481 e. The molecular weight excluding hydrogens is 332 g/mol. The van der Waals surface area contributed by atoms with E-state index in [9.17, 15) is 4.79 Å². The molecule has 1 aliphatic heterocycles. The molecule has 1 aromatic carbocycles. The van der Waals surface area contributed by atoms with Gasteiger partial charge in [0.15, 0.2) is 0 Å². The Balaban J connectivity index is 1.53. The number of hydrogen-bond acceptors (Lipinski definition) is 6. The molecule has 26 heavy (non-hydrogen) atoms. The second-order valence-corrected chi connectivity index (χ2v) is 6.30. The van der Waals surface area contributed by atoms with Crippen LogP contribution in [0.3, 0.4) is 0 Å². The van der Waals surface area contributed by atoms with Crippen LogP contribution in [0, 0.1) is 0 Å². The minimum atomic E-state index is 0.00131. The van der Waals surface area contributed by atoms with Crippen LogP contribution in [0.25, 0.3) is 0 Å². The highest BCUT2D eigenvalue weighted by atomic mass is 16.5. The highest BCUT2D eigenvalue weighted by molar-refractivity contribution is 5.78. The smallest absolute Gasteiger partial charge is 0.234 e. The molecule has 0 saturated carbocycles. The molecule has 1 amide bonds. The minimum absolute atomic E-state index is 0.00131. The van der Waals surface area contributed by atoms with Gasteiger partial charge >= 0.3 is 0 Å². The van der Waals surface area contributed by atoms with Gasteiger partial charge in [-0.15, -0.1) is 0 Å². The Kier molecular flexibility index (Phi) is 6.14. The fraction of sp³-hybridized carbons (Fsp3) is 0.421. The van der Waals surface area contributed by atoms with Gasteiger partial charge in [-0.2, -0.15) is 0 Å². The second-order valence-electron chi connectivity index (χ2n) is 6.30. The maximum Gasteiger partial charge on any atom is 0.234 e. The van der Waals surface area contributed by atoms with Crippen LogP contribution in [0.1, 0.15) is 22.4 Å². The van der Waals surface area contributed by atoms with Gasteiger partial charge in [0.25, 0.3) is 0 Å². The van der Waals surface area contributed by atoms with Crippen LogP contribution in [0.2, 0.25) is 0 Å². The Labute approximate surface area is 153 Å². The van der Waals surface area contributed by atoms with Crippen LogP contribution in [0.4, 0.5) is 0 Å². The first-order valence-corrected chi connectivity index (χ1v) is 8.62. The third-order valence-corrected chi connectivity index (χ3v) is 4.39. The molecule has 1 aromatic heterocycles. The normalized spacial score (nSPS) is 13.9. The van der Waals surface area contributed by atoms with Gasteiger partial charge < -0.3 is 14.8 Å². The van der Waals surface area contributed by atoms with Crippen molar-refractivity contribution in [2.75, 3.05) is 27.3 Å². The lowest BCUT2D eigenvalue weighted by molar-refractivity contribution is -0.122. The van der Waals surface area contributed by atoms with Crippen molar-refractivity contribution < 1.29 is 14.3 Å². The molecule has 0 saturated heterocycles. The number of carbonyl (C=O) groups is 1. The molecule has 0 aliphatic carbocycles. The van der Waals surface area contributed by atoms with Gasteiger partial charge in [-0.05, 0) is 11.1 Å². The molecule has 2 aromatic rings. The first-order valence-electron chi connectivity index (χ1n) is 8.62. The van der Waals surface area contributed by atoms with E-state index in [1.54, 1.807) is 14.2 Å². The first-order chi connectivity index (χ1) is 12.7. The molecule has 0 radical (unpaired) electrons. The lowest BCUT2D eigenvalue weighted by Crippen LogP contribution is -2.40. The summed E-state index contributed by atoms with van der Waals surface area (Å²) >= 11 is 0. The van der Waals surface area contributed by atoms with E-state index in [-0.39, 0.29) is 5.91 Å². The van der Waals surface area contributed by atoms with Gasteiger partial charge in [0, 0.05) is 38.7 Å². The summed E-state index contributed by atoms with van der Waals surface area (Å²) in [6.07, 6.45) is 2.32. The van der Waals surface area contributed by atoms with Crippen molar-refractivity contribution in [1.82, 2.24) is 20.2 Å². The van der Waals surface area contributed by atoms with Crippen LogP contribution in [-0.4, -0.2) is 48.1 Å². The molecule has 7 heteroatoms. The zero-order valence-electron chi connectivity index (χ0n) is 15.2. The Morgan fingerprint density at radius 1 is 1.27 bits per heavy atom. The van der Waals surface area contributed by atoms with Crippen LogP contribution in [-0.2, 0) is 35.6 Å². The zero-order valence-corrected chi connectivity index (χ0v) is 15.2. The van der Waals surface area contributed by atoms with E-state index in [4.69, 9.17) is 9.47 Å². The third kappa shape index (κ3) is 4.56. The van der Waals surface area contributed by atoms with Gasteiger partial charge in [0.2, 0.25) is 11.8 Å². The molecule has 0 atom stereocenters. The Morgan fingerprint density at radius 3 is 2.92 bits per heavy atom. The average molecular weight is 356 g/mol. The van der Waals surface area contributed by atoms with E-state index in [0.717, 1.165) is 35.3 Å². The monoisotopic (exact) mass is 356 g/mol. The van der Waals surface area contributed by atoms with Crippen molar-refractivity contribution in [3.63, 3.8) is 0 Å². The van der Waals surface area contributed by atoms with Gasteiger partial charge in [-0.1, -0.05) is 24.3 Å². The van der Waals surface area contributed by atoms with Gasteiger partial charge in [-0.3, -0.25) is 9.69 Å². The van der Waals surface area contributed by atoms with E-state index >= 15 is 0 Å². The van der Waals surface area contributed by atoms with Crippen molar-refractivity contribution in [3.05, 3.63) is 53.0 Å². The molecule has 1 aliphatic rings. The zero-order chi connectivity index (χ0) is 18.4. The molecule has 0 spiro atoms. The van der Waals surface area contributed by atoms with Gasteiger partial charge in [0.1, 0.15) is 6.33 Å². The number of nitrogens with one attached hydrogen (secondary N) is 1. The molecular formula is C19H24N4O3. The topological polar surface area (TPSA) is 76.6 Å². The second kappa shape index (κ2) is 8.73. The summed E-state index contributed by atoms with van der Waals surface area (Å²) in [5.41, 5.74) is 4.13. The number of rotatable bonds is 7. The van der Waals surface area contributed by atoms with E-state index < -0.39 is 0 Å². The summed E-state index contributed by atoms with van der Waals surface area (Å²) in [5, 5.41) is 2.98. The number of nitrogens with zero attached hydrogens (tertiary/aromatic N) is 3. The van der Waals surface area contributed by atoms with Crippen LogP contribution >= 0.6 is 0 Å². The quantitative estimate of drug-likeness (QED) is 0.806. The van der Waals surface area contributed by atoms with Crippen LogP contribution < -0.4 is 10.1 Å². The van der Waals surface area contributed by atoms with Gasteiger partial charge in [0.05, 0.1) is 26.0 Å². The Hall–Kier alpha value is -2.51. The van der Waals surface area contributed by atoms with Crippen molar-refractivity contribution in [1.29, 1.82) is 0 Å². The Morgan fingerprint density at radius 2 is 2.12 bits per heavy atom. The fourth-order valence-corrected chi connectivity index (χ4v) is 3.14. The predicted octanol–water partition coefficient (Wildman–Crippen LogP) is 1.31. The molecule has 0 fully saturated rings. The number of aromatic nitrogens is 2. The van der Waals surface area contributed by atoms with Crippen LogP contribution in [0.15, 0.2) is 30.6 Å². The summed E-state index contributed by atoms with van der Waals surface area (Å²) < 4.78 is 10.5. The average Bonchev–Trinajstić information content (AvgIpc) is 2.66. The number of hydrogen-bond donors (Lipinski definition) is 1. The van der Waals surface area contributed by atoms with E-state index in [0.29, 0.717) is 32.1 Å². The third-order valence-electron chi connectivity index (χ3n) is 4.39. The summed E-state index contributed by atoms with van der Waals surface area (Å²) in [5.74, 6) is 0.594. The fourth-order valence-electron chi connectivity index (χ4n) is 3.14. The molecule has 1 N–H and O–H groups in total. The van der Waals surface area contributed by atoms with Crippen LogP contribution in [0.5, 0.6) is 5.88 Å². The SMILES string of the molecule is COCc1cccc(CNC(=O)CN2CCc3ncnc(OC)c3C2)c1. The molecule has 7 nitrogen and oxygen atoms in total. The van der Waals surface area contributed by atoms with Gasteiger partial charge in [-0.25, -0.2) is 9.97 Å². The number of benzene rings is 1. The van der Waals surface area contributed by atoms with Crippen molar-refractivity contribution in [2.45, 2.75) is 26.1 Å². The number of carbonyl (C=O) groups excluding carboxylic acids is 1. The molecule has 2 heterocycles. The van der Waals surface area contributed by atoms with E-state index in [1.165, 1.54) is 6.33 Å². The number of methoxy groups -OCH3 is 2. The minimum Gasteiger partial charge on any atom is -0.481 e. The molecule has 3 rings (SSSR count). The maximum atomic E-state index is 12.3. The summed E-state index contributed by atoms with van der Waals surface area (Å²) in [7, 11) is 3.28. The lowest BCUT2D eigenvalue weighted by Gasteiger charge is -2.27. The molecule has 0 bridgehead atoms. The lowest BCUT2D eigenvalue weighted by atomic mass is 10.1. The summed E-state index contributed by atoms with van der Waals surface area (Å²) in [6.45, 7) is 2.83. The highest BCUT2D eigenvalue weighted by Crippen LogP contribution is 2.23. The number of fused-ring (bicyclic) bond motifs is 1. The predicted molar refractivity (Wildman–Crippen MR) is 96.6 cm³/mol. The van der Waals surface area contributed by atoms with E-state index in [2.05, 4.69) is 20.2 Å². The highest BCUT2D eigenvalue weighted by Gasteiger charge is 2.22. The molecule has 0 unspecified atom stereocenters. The van der Waals surface area contributed by atoms with Crippen molar-refractivity contribution in [3.8, 4) is 5.88 Å². The van der Waals surface area contributed by atoms with E-state index in [1.807, 2.05) is 24.3 Å². The van der Waals surface area contributed by atoms with Crippen molar-refractivity contribution in [2.24, 2.45) is 0 Å². The number of amides is 1. The number of ether oxygens (including phenoxy) is 2. The first kappa shape index (κ1) is 18.3. The standard InChI is InChI=1S/C19H24N4O3/c1-25-12-15-5-3-4-14(8-15)9-20-18(24)11-23-7-6-17-16(10-23)19(26-2)22-13-21-17/h3-5,8,13H,6-7,9-12H2,1-2H3,(H,20,24). The summed E-state index contributed by atoms with van der Waals surface area (Å²) in [6, 6.07) is 8.03. The molecule has 138 valence electrons. The summed E-state index contributed by atoms with van der Waals surface area (Å²) in [4.78, 5) is 22.9.